The molecule has 0 fully saturated rings. The van der Waals surface area contributed by atoms with Gasteiger partial charge in [0.25, 0.3) is 0 Å². The van der Waals surface area contributed by atoms with E-state index in [9.17, 15) is 13.6 Å². The van der Waals surface area contributed by atoms with Crippen LogP contribution in [0.25, 0.3) is 0 Å². The van der Waals surface area contributed by atoms with E-state index >= 15 is 0 Å². The van der Waals surface area contributed by atoms with Crippen LogP contribution in [0.5, 0.6) is 5.75 Å². The fourth-order valence-electron chi connectivity index (χ4n) is 2.20. The quantitative estimate of drug-likeness (QED) is 0.630. The van der Waals surface area contributed by atoms with Gasteiger partial charge in [-0.1, -0.05) is 0 Å². The van der Waals surface area contributed by atoms with Crippen LogP contribution in [-0.4, -0.2) is 47.9 Å². The molecule has 0 aliphatic heterocycles. The highest BCUT2D eigenvalue weighted by molar-refractivity contribution is 5.88. The summed E-state index contributed by atoms with van der Waals surface area (Å²) in [5.74, 6) is 0.353. The van der Waals surface area contributed by atoms with Gasteiger partial charge in [-0.15, -0.1) is 0 Å². The first-order valence-corrected chi connectivity index (χ1v) is 8.52. The fraction of sp³-hybridized carbons (Fsp3) is 0.444. The predicted molar refractivity (Wildman–Crippen MR) is 100 cm³/mol. The molecule has 2 aromatic heterocycles. The molecule has 28 heavy (non-hydrogen) atoms. The van der Waals surface area contributed by atoms with E-state index in [1.54, 1.807) is 26.2 Å². The van der Waals surface area contributed by atoms with Crippen LogP contribution in [0.3, 0.4) is 0 Å². The lowest BCUT2D eigenvalue weighted by molar-refractivity contribution is -0.114. The van der Waals surface area contributed by atoms with E-state index in [0.717, 1.165) is 6.92 Å². The Balaban J connectivity index is 2.37. The molecule has 1 atom stereocenters. The summed E-state index contributed by atoms with van der Waals surface area (Å²) >= 11 is 0. The average molecular weight is 395 g/mol. The van der Waals surface area contributed by atoms with Gasteiger partial charge < -0.3 is 20.1 Å². The molecule has 2 aromatic rings. The normalized spacial score (nSPS) is 12.9. The second kappa shape index (κ2) is 9.36. The van der Waals surface area contributed by atoms with Crippen molar-refractivity contribution in [1.82, 2.24) is 15.0 Å². The van der Waals surface area contributed by atoms with E-state index in [-0.39, 0.29) is 24.2 Å². The Morgan fingerprint density at radius 1 is 1.25 bits per heavy atom. The highest BCUT2D eigenvalue weighted by atomic mass is 19.2. The summed E-state index contributed by atoms with van der Waals surface area (Å²) in [5.41, 5.74) is -1.41. The van der Waals surface area contributed by atoms with Gasteiger partial charge in [-0.2, -0.15) is 0 Å². The Labute approximate surface area is 161 Å². The van der Waals surface area contributed by atoms with Crippen LogP contribution in [0.2, 0.25) is 0 Å². The zero-order chi connectivity index (χ0) is 20.7. The molecule has 8 nitrogen and oxygen atoms in total. The van der Waals surface area contributed by atoms with Gasteiger partial charge in [0.1, 0.15) is 24.9 Å². The number of methoxy groups -OCH3 is 1. The number of hydrogen-bond acceptors (Lipinski definition) is 7. The maximum Gasteiger partial charge on any atom is 0.222 e. The number of rotatable bonds is 9. The monoisotopic (exact) mass is 395 g/mol. The third-order valence-corrected chi connectivity index (χ3v) is 3.55. The van der Waals surface area contributed by atoms with Crippen molar-refractivity contribution in [2.75, 3.05) is 37.6 Å². The lowest BCUT2D eigenvalue weighted by atomic mass is 10.1. The van der Waals surface area contributed by atoms with E-state index in [2.05, 4.69) is 25.6 Å². The Morgan fingerprint density at radius 3 is 2.64 bits per heavy atom. The topological polar surface area (TPSA) is 98.3 Å². The predicted octanol–water partition coefficient (Wildman–Crippen LogP) is 3.06. The average Bonchev–Trinajstić information content (AvgIpc) is 2.62. The smallest absolute Gasteiger partial charge is 0.222 e. The Hall–Kier alpha value is -2.88. The van der Waals surface area contributed by atoms with E-state index in [1.165, 1.54) is 13.1 Å². The maximum absolute atomic E-state index is 14.3. The molecule has 0 aromatic carbocycles. The third-order valence-electron chi connectivity index (χ3n) is 3.55. The minimum Gasteiger partial charge on any atom is -0.487 e. The molecule has 2 rings (SSSR count). The molecule has 1 amide bonds. The van der Waals surface area contributed by atoms with Gasteiger partial charge in [-0.25, -0.2) is 23.7 Å². The van der Waals surface area contributed by atoms with Gasteiger partial charge >= 0.3 is 0 Å². The van der Waals surface area contributed by atoms with Crippen molar-refractivity contribution in [2.45, 2.75) is 26.4 Å². The molecule has 0 saturated carbocycles. The van der Waals surface area contributed by atoms with Gasteiger partial charge in [0.2, 0.25) is 5.91 Å². The van der Waals surface area contributed by atoms with Crippen molar-refractivity contribution in [3.63, 3.8) is 0 Å². The van der Waals surface area contributed by atoms with Crippen molar-refractivity contribution in [3.05, 3.63) is 29.8 Å². The summed E-state index contributed by atoms with van der Waals surface area (Å²) in [7, 11) is 1.55. The van der Waals surface area contributed by atoms with Gasteiger partial charge in [0.15, 0.2) is 17.2 Å². The van der Waals surface area contributed by atoms with Crippen LogP contribution in [0, 0.1) is 6.92 Å². The molecule has 0 aliphatic carbocycles. The van der Waals surface area contributed by atoms with Crippen molar-refractivity contribution in [3.8, 4) is 5.75 Å². The molecule has 2 N–H and O–H groups in total. The van der Waals surface area contributed by atoms with Gasteiger partial charge in [0.05, 0.1) is 18.5 Å². The molecule has 0 spiro atoms. The third kappa shape index (κ3) is 5.81. The van der Waals surface area contributed by atoms with Crippen molar-refractivity contribution >= 4 is 23.2 Å². The number of amides is 1. The molecule has 152 valence electrons. The van der Waals surface area contributed by atoms with Crippen molar-refractivity contribution < 1.29 is 23.0 Å². The first-order valence-electron chi connectivity index (χ1n) is 8.52. The molecule has 0 saturated heterocycles. The molecule has 0 radical (unpaired) electrons. The number of aryl methyl sites for hydroxylation is 1. The minimum atomic E-state index is -2.31. The number of aromatic nitrogens is 3. The van der Waals surface area contributed by atoms with E-state index < -0.39 is 12.3 Å². The second-order valence-electron chi connectivity index (χ2n) is 6.26. The number of ether oxygens (including phenoxy) is 2. The molecule has 0 aliphatic rings. The SMILES string of the molecule is COCCOc1cnc(NC(C)=O)cc1Nc1cc(C)nc(C(C)(F)CF)n1. The number of anilines is 3. The number of hydrogen-bond donors (Lipinski definition) is 2. The fourth-order valence-corrected chi connectivity index (χ4v) is 2.20. The van der Waals surface area contributed by atoms with Crippen LogP contribution in [-0.2, 0) is 15.2 Å². The molecular weight excluding hydrogens is 372 g/mol. The first kappa shape index (κ1) is 21.4. The zero-order valence-corrected chi connectivity index (χ0v) is 16.2. The van der Waals surface area contributed by atoms with Gasteiger partial charge in [-0.3, -0.25) is 4.79 Å². The lowest BCUT2D eigenvalue weighted by Crippen LogP contribution is -2.22. The zero-order valence-electron chi connectivity index (χ0n) is 16.2. The van der Waals surface area contributed by atoms with Crippen molar-refractivity contribution in [2.24, 2.45) is 0 Å². The van der Waals surface area contributed by atoms with E-state index in [4.69, 9.17) is 9.47 Å². The van der Waals surface area contributed by atoms with Crippen LogP contribution in [0.4, 0.5) is 26.1 Å². The minimum absolute atomic E-state index is 0.247. The molecule has 2 heterocycles. The lowest BCUT2D eigenvalue weighted by Gasteiger charge is -2.18. The number of halogens is 2. The Kier molecular flexibility index (Phi) is 7.16. The molecule has 1 unspecified atom stereocenters. The molecule has 0 bridgehead atoms. The summed E-state index contributed by atoms with van der Waals surface area (Å²) in [6.45, 7) is 3.47. The van der Waals surface area contributed by atoms with Crippen molar-refractivity contribution in [1.29, 1.82) is 0 Å². The highest BCUT2D eigenvalue weighted by Crippen LogP contribution is 2.30. The van der Waals surface area contributed by atoms with Crippen LogP contribution in [0.15, 0.2) is 18.3 Å². The first-order chi connectivity index (χ1) is 13.2. The summed E-state index contributed by atoms with van der Waals surface area (Å²) in [5, 5.41) is 5.56. The summed E-state index contributed by atoms with van der Waals surface area (Å²) in [4.78, 5) is 23.5. The largest absolute Gasteiger partial charge is 0.487 e. The number of pyridine rings is 1. The Bertz CT molecular complexity index is 833. The van der Waals surface area contributed by atoms with Gasteiger partial charge in [0, 0.05) is 31.9 Å². The van der Waals surface area contributed by atoms with E-state index in [1.807, 2.05) is 0 Å². The summed E-state index contributed by atoms with van der Waals surface area (Å²) in [6.07, 6.45) is 1.43. The van der Waals surface area contributed by atoms with E-state index in [0.29, 0.717) is 29.6 Å². The van der Waals surface area contributed by atoms with Crippen LogP contribution >= 0.6 is 0 Å². The second-order valence-corrected chi connectivity index (χ2v) is 6.26. The number of carbonyl (C=O) groups is 1. The summed E-state index contributed by atoms with van der Waals surface area (Å²) in [6, 6.07) is 3.12. The number of nitrogens with one attached hydrogen (secondary N) is 2. The molecule has 10 heteroatoms. The van der Waals surface area contributed by atoms with Crippen LogP contribution < -0.4 is 15.4 Å². The standard InChI is InChI=1S/C18H23F2N5O3/c1-11-7-16(25-17(22-11)18(3,20)10-19)24-13-8-15(23-12(2)26)21-9-14(13)28-6-5-27-4/h7-9H,5-6,10H2,1-4H3,(H2,21,22,23,24,25,26). The summed E-state index contributed by atoms with van der Waals surface area (Å²) < 4.78 is 37.9. The Morgan fingerprint density at radius 2 is 2.00 bits per heavy atom. The number of carbonyl (C=O) groups excluding carboxylic acids is 1. The van der Waals surface area contributed by atoms with Gasteiger partial charge in [-0.05, 0) is 13.8 Å². The van der Waals surface area contributed by atoms with Crippen LogP contribution in [0.1, 0.15) is 25.4 Å². The number of nitrogens with zero attached hydrogens (tertiary/aromatic N) is 3. The molecular formula is C18H23F2N5O3. The number of alkyl halides is 2. The maximum atomic E-state index is 14.3. The highest BCUT2D eigenvalue weighted by Gasteiger charge is 2.30.